The maximum absolute atomic E-state index is 8.58. The predicted octanol–water partition coefficient (Wildman–Crippen LogP) is 11.0. The van der Waals surface area contributed by atoms with Gasteiger partial charge in [-0.1, -0.05) is 142 Å². The van der Waals surface area contributed by atoms with E-state index in [0.29, 0.717) is 6.32 Å². The molecule has 0 saturated heterocycles. The number of unbranched alkanes of at least 4 members (excludes halogenated alkanes) is 14. The topological polar surface area (TPSA) is 92.5 Å². The maximum atomic E-state index is 8.58. The highest BCUT2D eigenvalue weighted by Gasteiger charge is 2.04. The number of aryl methyl sites for hydroxylation is 1. The van der Waals surface area contributed by atoms with Gasteiger partial charge in [-0.15, -0.1) is 0 Å². The van der Waals surface area contributed by atoms with Crippen LogP contribution in [0.3, 0.4) is 0 Å². The first-order chi connectivity index (χ1) is 19.2. The molecular weight excluding hydrogens is 742 g/mol. The zero-order valence-electron chi connectivity index (χ0n) is 25.0. The van der Waals surface area contributed by atoms with Gasteiger partial charge in [0.05, 0.1) is 0 Å². The third-order valence-corrected chi connectivity index (χ3v) is 8.60. The molecule has 0 saturated carbocycles. The van der Waals surface area contributed by atoms with Crippen molar-refractivity contribution >= 4 is 72.9 Å². The van der Waals surface area contributed by atoms with Crippen LogP contribution in [0, 0.1) is 3.57 Å². The van der Waals surface area contributed by atoms with Crippen LogP contribution in [-0.4, -0.2) is 17.2 Å². The fourth-order valence-corrected chi connectivity index (χ4v) is 5.92. The summed E-state index contributed by atoms with van der Waals surface area (Å²) in [7, 11) is -1.10. The average molecular weight is 796 g/mol. The molecule has 2 aromatic rings. The van der Waals surface area contributed by atoms with Crippen LogP contribution in [0.4, 0.5) is 11.4 Å². The predicted molar refractivity (Wildman–Crippen MR) is 194 cm³/mol. The largest absolute Gasteiger partial charge is 0.451 e. The first-order valence-corrected chi connectivity index (χ1v) is 18.0. The van der Waals surface area contributed by atoms with Crippen molar-refractivity contribution in [3.8, 4) is 0 Å². The van der Waals surface area contributed by atoms with E-state index < -0.39 is 7.12 Å². The Morgan fingerprint density at radius 3 is 1.50 bits per heavy atom. The maximum Gasteiger partial charge on any atom is 0.451 e. The van der Waals surface area contributed by atoms with Crippen molar-refractivity contribution in [3.05, 3.63) is 54.5 Å². The summed E-state index contributed by atoms with van der Waals surface area (Å²) in [5, 5.41) is 17.2. The Hall–Kier alpha value is -0.285. The van der Waals surface area contributed by atoms with Crippen molar-refractivity contribution < 1.29 is 10.0 Å². The molecule has 40 heavy (non-hydrogen) atoms. The van der Waals surface area contributed by atoms with E-state index in [9.17, 15) is 0 Å². The average Bonchev–Trinajstić information content (AvgIpc) is 2.92. The van der Waals surface area contributed by atoms with Gasteiger partial charge in [0.15, 0.2) is 0 Å². The Morgan fingerprint density at radius 2 is 1.05 bits per heavy atom. The minimum Gasteiger partial charge on any atom is -0.427 e. The molecule has 0 heterocycles. The van der Waals surface area contributed by atoms with E-state index in [-0.39, 0.29) is 0 Å². The van der Waals surface area contributed by atoms with E-state index in [0.717, 1.165) is 43.2 Å². The summed E-state index contributed by atoms with van der Waals surface area (Å²) in [6.45, 7) is 4.49. The van der Waals surface area contributed by atoms with E-state index in [1.807, 2.05) is 30.3 Å². The fraction of sp³-hybridized carbons (Fsp3) is 0.625. The summed E-state index contributed by atoms with van der Waals surface area (Å²) >= 11 is 9.03. The molecule has 2 aromatic carbocycles. The molecule has 0 aromatic heterocycles. The van der Waals surface area contributed by atoms with E-state index in [2.05, 4.69) is 74.4 Å². The van der Waals surface area contributed by atoms with Gasteiger partial charge in [0.2, 0.25) is 0 Å². The summed E-state index contributed by atoms with van der Waals surface area (Å²) in [5.41, 5.74) is 14.6. The fourth-order valence-electron chi connectivity index (χ4n) is 4.20. The van der Waals surface area contributed by atoms with E-state index in [1.165, 1.54) is 95.5 Å². The van der Waals surface area contributed by atoms with E-state index in [4.69, 9.17) is 21.5 Å². The van der Waals surface area contributed by atoms with Crippen molar-refractivity contribution in [2.24, 2.45) is 0 Å². The zero-order chi connectivity index (χ0) is 30.0. The lowest BCUT2D eigenvalue weighted by Crippen LogP contribution is -2.09. The van der Waals surface area contributed by atoms with Crippen LogP contribution in [0.25, 0.3) is 0 Å². The SMILES string of the molecule is CCCCCCCCCCB(O)O.CCCCCCCCCCc1cc(Br)ccc1N.Nc1ccc(Br)cc1I. The van der Waals surface area contributed by atoms with Gasteiger partial charge in [-0.3, -0.25) is 0 Å². The monoisotopic (exact) mass is 794 g/mol. The second-order valence-corrected chi connectivity index (χ2v) is 13.5. The number of benzene rings is 2. The molecule has 4 nitrogen and oxygen atoms in total. The van der Waals surface area contributed by atoms with Gasteiger partial charge in [-0.2, -0.15) is 0 Å². The number of hydrogen-bond donors (Lipinski definition) is 4. The molecular formula is C32H54BBr2IN2O2. The van der Waals surface area contributed by atoms with E-state index in [1.54, 1.807) is 0 Å². The van der Waals surface area contributed by atoms with Crippen molar-refractivity contribution in [3.63, 3.8) is 0 Å². The minimum atomic E-state index is -1.10. The van der Waals surface area contributed by atoms with Gasteiger partial charge in [0, 0.05) is 23.9 Å². The molecule has 0 aliphatic heterocycles. The summed E-state index contributed by atoms with van der Waals surface area (Å²) < 4.78 is 3.29. The van der Waals surface area contributed by atoms with Crippen LogP contribution < -0.4 is 11.5 Å². The van der Waals surface area contributed by atoms with Crippen molar-refractivity contribution in [1.82, 2.24) is 0 Å². The number of hydrogen-bond acceptors (Lipinski definition) is 4. The van der Waals surface area contributed by atoms with Crippen LogP contribution in [0.5, 0.6) is 0 Å². The summed E-state index contributed by atoms with van der Waals surface area (Å²) in [5.74, 6) is 0. The summed E-state index contributed by atoms with van der Waals surface area (Å²) in [6.07, 6.45) is 22.6. The molecule has 0 radical (unpaired) electrons. The summed E-state index contributed by atoms with van der Waals surface area (Å²) in [4.78, 5) is 0. The van der Waals surface area contributed by atoms with Crippen LogP contribution in [0.15, 0.2) is 45.3 Å². The first-order valence-electron chi connectivity index (χ1n) is 15.3. The Kier molecular flexibility index (Phi) is 27.3. The molecule has 0 amide bonds. The van der Waals surface area contributed by atoms with Crippen molar-refractivity contribution in [2.45, 2.75) is 129 Å². The molecule has 0 aliphatic rings. The Balaban J connectivity index is 0.000000606. The van der Waals surface area contributed by atoms with Gasteiger partial charge in [0.25, 0.3) is 0 Å². The van der Waals surface area contributed by atoms with Crippen molar-refractivity contribution in [2.75, 3.05) is 11.5 Å². The highest BCUT2D eigenvalue weighted by molar-refractivity contribution is 14.1. The molecule has 0 bridgehead atoms. The van der Waals surface area contributed by atoms with Crippen LogP contribution >= 0.6 is 54.5 Å². The molecule has 0 fully saturated rings. The number of rotatable bonds is 18. The number of anilines is 2. The second kappa shape index (κ2) is 27.5. The Bertz CT molecular complexity index is 875. The quantitative estimate of drug-likeness (QED) is 0.0523. The summed E-state index contributed by atoms with van der Waals surface area (Å²) in [6, 6.07) is 11.9. The van der Waals surface area contributed by atoms with Gasteiger partial charge < -0.3 is 21.5 Å². The second-order valence-electron chi connectivity index (χ2n) is 10.5. The van der Waals surface area contributed by atoms with Crippen LogP contribution in [0.1, 0.15) is 122 Å². The lowest BCUT2D eigenvalue weighted by atomic mass is 9.83. The molecule has 8 heteroatoms. The lowest BCUT2D eigenvalue weighted by Gasteiger charge is -2.06. The molecule has 6 N–H and O–H groups in total. The molecule has 228 valence electrons. The van der Waals surface area contributed by atoms with E-state index >= 15 is 0 Å². The molecule has 0 atom stereocenters. The smallest absolute Gasteiger partial charge is 0.427 e. The highest BCUT2D eigenvalue weighted by atomic mass is 127. The van der Waals surface area contributed by atoms with Crippen LogP contribution in [0.2, 0.25) is 6.32 Å². The minimum absolute atomic E-state index is 0.537. The number of nitrogen functional groups attached to an aromatic ring is 2. The number of halogens is 3. The number of nitrogens with two attached hydrogens (primary N) is 2. The standard InChI is InChI=1S/C16H26BrN.C10H23BO2.C6H5BrIN/c1-2-3-4-5-6-7-8-9-10-14-13-15(17)11-12-16(14)18;1-2-3-4-5-6-7-8-9-10-11(12)13;7-4-1-2-6(9)5(8)3-4/h11-13H,2-10,18H2,1H3;12-13H,2-10H2,1H3;1-3H,9H2. The lowest BCUT2D eigenvalue weighted by molar-refractivity contribution is 0.401. The van der Waals surface area contributed by atoms with Gasteiger partial charge >= 0.3 is 7.12 Å². The third-order valence-electron chi connectivity index (χ3n) is 6.68. The van der Waals surface area contributed by atoms with Gasteiger partial charge in [0.1, 0.15) is 0 Å². The van der Waals surface area contributed by atoms with Crippen molar-refractivity contribution in [1.29, 1.82) is 0 Å². The molecule has 0 spiro atoms. The van der Waals surface area contributed by atoms with Gasteiger partial charge in [-0.05, 0) is 83.7 Å². The van der Waals surface area contributed by atoms with Crippen LogP contribution in [-0.2, 0) is 6.42 Å². The Labute approximate surface area is 276 Å². The van der Waals surface area contributed by atoms with Gasteiger partial charge in [-0.25, -0.2) is 0 Å². The normalized spacial score (nSPS) is 10.4. The Morgan fingerprint density at radius 1 is 0.625 bits per heavy atom. The first kappa shape index (κ1) is 39.7. The third kappa shape index (κ3) is 24.3. The highest BCUT2D eigenvalue weighted by Crippen LogP contribution is 2.21. The molecule has 2 rings (SSSR count). The molecule has 0 aliphatic carbocycles. The molecule has 0 unspecified atom stereocenters. The zero-order valence-corrected chi connectivity index (χ0v) is 30.3.